The largest absolute Gasteiger partial charge is 0.405 e. The van der Waals surface area contributed by atoms with Crippen molar-refractivity contribution in [1.29, 1.82) is 0 Å². The Morgan fingerprint density at radius 3 is 2.13 bits per heavy atom. The molecule has 0 aromatic carbocycles. The molecule has 0 unspecified atom stereocenters. The molecule has 0 aliphatic carbocycles. The topological polar surface area (TPSA) is 90.9 Å². The molecule has 0 aliphatic heterocycles. The summed E-state index contributed by atoms with van der Waals surface area (Å²) in [5.74, 6) is 0. The summed E-state index contributed by atoms with van der Waals surface area (Å²) in [6.45, 7) is 1.45. The van der Waals surface area contributed by atoms with Crippen LogP contribution in [0.5, 0.6) is 0 Å². The molecular weight excluding hydrogens is 245 g/mol. The third kappa shape index (κ3) is 6.99. The summed E-state index contributed by atoms with van der Waals surface area (Å²) in [6.07, 6.45) is 0.936. The average Bonchev–Trinajstić information content (AvgIpc) is 2.13. The van der Waals surface area contributed by atoms with Gasteiger partial charge in [-0.05, 0) is 6.92 Å². The quantitative estimate of drug-likeness (QED) is 0.522. The molecule has 0 radical (unpaired) electrons. The molecule has 15 heavy (non-hydrogen) atoms. The zero-order chi connectivity index (χ0) is 12.1. The van der Waals surface area contributed by atoms with E-state index in [0.29, 0.717) is 0 Å². The molecule has 1 atom stereocenters. The fourth-order valence-corrected chi connectivity index (χ4v) is 2.14. The van der Waals surface area contributed by atoms with Crippen LogP contribution in [0.4, 0.5) is 0 Å². The molecule has 0 saturated heterocycles. The highest BCUT2D eigenvalue weighted by atomic mass is 32.2. The van der Waals surface area contributed by atoms with Gasteiger partial charge in [0.15, 0.2) is 0 Å². The number of rotatable bonds is 7. The molecule has 0 aliphatic rings. The van der Waals surface area contributed by atoms with E-state index in [0.717, 1.165) is 6.26 Å². The summed E-state index contributed by atoms with van der Waals surface area (Å²) in [5.41, 5.74) is 0. The van der Waals surface area contributed by atoms with Crippen LogP contribution in [-0.4, -0.2) is 41.5 Å². The molecule has 9 heteroatoms. The van der Waals surface area contributed by atoms with Gasteiger partial charge in [0.1, 0.15) is 0 Å². The SMILES string of the molecule is COP(=O)(N[C@@H](C)COS(C)(=O)=O)OC. The van der Waals surface area contributed by atoms with E-state index in [-0.39, 0.29) is 6.61 Å². The van der Waals surface area contributed by atoms with Gasteiger partial charge in [-0.1, -0.05) is 0 Å². The van der Waals surface area contributed by atoms with E-state index in [9.17, 15) is 13.0 Å². The van der Waals surface area contributed by atoms with Crippen LogP contribution in [0.1, 0.15) is 6.92 Å². The van der Waals surface area contributed by atoms with Gasteiger partial charge in [-0.25, -0.2) is 9.65 Å². The lowest BCUT2D eigenvalue weighted by molar-refractivity contribution is 0.241. The van der Waals surface area contributed by atoms with Gasteiger partial charge >= 0.3 is 7.75 Å². The zero-order valence-corrected chi connectivity index (χ0v) is 10.8. The van der Waals surface area contributed by atoms with Crippen molar-refractivity contribution >= 4 is 17.9 Å². The molecule has 92 valence electrons. The second kappa shape index (κ2) is 5.93. The minimum absolute atomic E-state index is 0.143. The first kappa shape index (κ1) is 15.0. The van der Waals surface area contributed by atoms with E-state index in [4.69, 9.17) is 0 Å². The molecule has 0 aromatic rings. The highest BCUT2D eigenvalue weighted by molar-refractivity contribution is 7.85. The number of nitrogens with one attached hydrogen (secondary N) is 1. The maximum atomic E-state index is 11.5. The van der Waals surface area contributed by atoms with Crippen LogP contribution >= 0.6 is 7.75 Å². The fourth-order valence-electron chi connectivity index (χ4n) is 0.713. The minimum Gasteiger partial charge on any atom is -0.300 e. The molecule has 0 rings (SSSR count). The fraction of sp³-hybridized carbons (Fsp3) is 1.00. The van der Waals surface area contributed by atoms with E-state index >= 15 is 0 Å². The van der Waals surface area contributed by atoms with Gasteiger partial charge in [-0.3, -0.25) is 4.18 Å². The van der Waals surface area contributed by atoms with Crippen molar-refractivity contribution in [3.8, 4) is 0 Å². The lowest BCUT2D eigenvalue weighted by atomic mass is 10.4. The van der Waals surface area contributed by atoms with Gasteiger partial charge < -0.3 is 9.05 Å². The van der Waals surface area contributed by atoms with Crippen LogP contribution < -0.4 is 5.09 Å². The van der Waals surface area contributed by atoms with Crippen LogP contribution in [0.25, 0.3) is 0 Å². The summed E-state index contributed by atoms with van der Waals surface area (Å²) in [6, 6.07) is -0.481. The Kier molecular flexibility index (Phi) is 5.94. The third-order valence-electron chi connectivity index (χ3n) is 1.39. The summed E-state index contributed by atoms with van der Waals surface area (Å²) in [4.78, 5) is 0. The van der Waals surface area contributed by atoms with Crippen molar-refractivity contribution in [3.05, 3.63) is 0 Å². The molecule has 0 amide bonds. The lowest BCUT2D eigenvalue weighted by Crippen LogP contribution is -2.30. The van der Waals surface area contributed by atoms with Crippen molar-refractivity contribution < 1.29 is 26.2 Å². The van der Waals surface area contributed by atoms with Crippen LogP contribution in [-0.2, 0) is 27.9 Å². The summed E-state index contributed by atoms with van der Waals surface area (Å²) in [5, 5.41) is 2.49. The molecule has 0 bridgehead atoms. The van der Waals surface area contributed by atoms with Crippen LogP contribution in [0.2, 0.25) is 0 Å². The Morgan fingerprint density at radius 2 is 1.80 bits per heavy atom. The normalized spacial score (nSPS) is 15.2. The molecular formula is C6H16NO6PS. The Hall–Kier alpha value is 0.0200. The predicted molar refractivity (Wildman–Crippen MR) is 55.0 cm³/mol. The van der Waals surface area contributed by atoms with Crippen molar-refractivity contribution in [1.82, 2.24) is 5.09 Å². The maximum Gasteiger partial charge on any atom is 0.405 e. The third-order valence-corrected chi connectivity index (χ3v) is 3.67. The molecule has 0 aromatic heterocycles. The Bertz CT molecular complexity index is 321. The van der Waals surface area contributed by atoms with E-state index in [1.807, 2.05) is 0 Å². The lowest BCUT2D eigenvalue weighted by Gasteiger charge is -2.19. The molecule has 7 nitrogen and oxygen atoms in total. The number of hydrogen-bond donors (Lipinski definition) is 1. The first-order chi connectivity index (χ1) is 6.72. The predicted octanol–water partition coefficient (Wildman–Crippen LogP) is 0.342. The van der Waals surface area contributed by atoms with Gasteiger partial charge in [-0.2, -0.15) is 8.42 Å². The molecule has 1 N–H and O–H groups in total. The van der Waals surface area contributed by atoms with Crippen LogP contribution in [0.15, 0.2) is 0 Å². The summed E-state index contributed by atoms with van der Waals surface area (Å²) < 4.78 is 46.6. The standard InChI is InChI=1S/C6H16NO6PS/c1-6(5-13-15(4,9)10)7-14(8,11-2)12-3/h6H,5H2,1-4H3,(H,7,8)/t6-/m0/s1. The second-order valence-corrected chi connectivity index (χ2v) is 6.51. The zero-order valence-electron chi connectivity index (χ0n) is 9.09. The van der Waals surface area contributed by atoms with E-state index < -0.39 is 23.9 Å². The van der Waals surface area contributed by atoms with Gasteiger partial charge in [0.25, 0.3) is 10.1 Å². The summed E-state index contributed by atoms with van der Waals surface area (Å²) >= 11 is 0. The Balaban J connectivity index is 4.15. The molecule has 0 saturated carbocycles. The second-order valence-electron chi connectivity index (χ2n) is 2.88. The van der Waals surface area contributed by atoms with E-state index in [1.54, 1.807) is 6.92 Å². The first-order valence-corrected chi connectivity index (χ1v) is 7.42. The Labute approximate surface area is 89.8 Å². The first-order valence-electron chi connectivity index (χ1n) is 4.06. The highest BCUT2D eigenvalue weighted by Gasteiger charge is 2.24. The number of hydrogen-bond acceptors (Lipinski definition) is 6. The van der Waals surface area contributed by atoms with Crippen molar-refractivity contribution in [3.63, 3.8) is 0 Å². The van der Waals surface area contributed by atoms with Gasteiger partial charge in [0.2, 0.25) is 0 Å². The average molecular weight is 261 g/mol. The van der Waals surface area contributed by atoms with Gasteiger partial charge in [0, 0.05) is 20.3 Å². The minimum atomic E-state index is -3.50. The smallest absolute Gasteiger partial charge is 0.300 e. The highest BCUT2D eigenvalue weighted by Crippen LogP contribution is 2.41. The van der Waals surface area contributed by atoms with Gasteiger partial charge in [0.05, 0.1) is 12.9 Å². The molecule has 0 fully saturated rings. The van der Waals surface area contributed by atoms with Crippen molar-refractivity contribution in [2.24, 2.45) is 0 Å². The van der Waals surface area contributed by atoms with Crippen LogP contribution in [0.3, 0.4) is 0 Å². The Morgan fingerprint density at radius 1 is 1.33 bits per heavy atom. The van der Waals surface area contributed by atoms with Crippen LogP contribution in [0, 0.1) is 0 Å². The van der Waals surface area contributed by atoms with Gasteiger partial charge in [-0.15, -0.1) is 0 Å². The molecule has 0 heterocycles. The van der Waals surface area contributed by atoms with E-state index in [2.05, 4.69) is 18.3 Å². The van der Waals surface area contributed by atoms with Crippen molar-refractivity contribution in [2.75, 3.05) is 27.1 Å². The maximum absolute atomic E-state index is 11.5. The monoisotopic (exact) mass is 261 g/mol. The summed E-state index contributed by atoms with van der Waals surface area (Å²) in [7, 11) is -4.40. The molecule has 0 spiro atoms. The van der Waals surface area contributed by atoms with Crippen molar-refractivity contribution in [2.45, 2.75) is 13.0 Å². The van der Waals surface area contributed by atoms with E-state index in [1.165, 1.54) is 14.2 Å².